The third-order valence-corrected chi connectivity index (χ3v) is 4.43. The van der Waals surface area contributed by atoms with Crippen molar-refractivity contribution in [3.63, 3.8) is 0 Å². The summed E-state index contributed by atoms with van der Waals surface area (Å²) in [6, 6.07) is 14.1. The standard InChI is InChI=1S/C20H27N/c1-13-7-9-19(10-8-13)17(5)21-18(6)20-12-15(3)14(2)11-16(20)4/h7-12,17-18,21H,1-6H3. The maximum atomic E-state index is 3.72. The van der Waals surface area contributed by atoms with Gasteiger partial charge in [-0.2, -0.15) is 0 Å². The molecular formula is C20H27N. The predicted molar refractivity (Wildman–Crippen MR) is 91.8 cm³/mol. The Morgan fingerprint density at radius 1 is 0.714 bits per heavy atom. The van der Waals surface area contributed by atoms with Crippen molar-refractivity contribution < 1.29 is 0 Å². The third-order valence-electron chi connectivity index (χ3n) is 4.43. The minimum absolute atomic E-state index is 0.348. The molecule has 1 heteroatoms. The van der Waals surface area contributed by atoms with Crippen molar-refractivity contribution in [1.29, 1.82) is 0 Å². The average Bonchev–Trinajstić information content (AvgIpc) is 2.43. The Morgan fingerprint density at radius 3 is 1.90 bits per heavy atom. The summed E-state index contributed by atoms with van der Waals surface area (Å²) < 4.78 is 0. The van der Waals surface area contributed by atoms with Crippen molar-refractivity contribution in [2.24, 2.45) is 0 Å². The van der Waals surface area contributed by atoms with Crippen LogP contribution in [-0.2, 0) is 0 Å². The summed E-state index contributed by atoms with van der Waals surface area (Å²) in [6.45, 7) is 13.2. The fraction of sp³-hybridized carbons (Fsp3) is 0.400. The van der Waals surface area contributed by atoms with Gasteiger partial charge in [0.1, 0.15) is 0 Å². The highest BCUT2D eigenvalue weighted by Crippen LogP contribution is 2.24. The van der Waals surface area contributed by atoms with E-state index in [9.17, 15) is 0 Å². The highest BCUT2D eigenvalue weighted by Gasteiger charge is 2.13. The molecule has 2 aromatic rings. The summed E-state index contributed by atoms with van der Waals surface area (Å²) in [6.07, 6.45) is 0. The van der Waals surface area contributed by atoms with Crippen molar-refractivity contribution >= 4 is 0 Å². The van der Waals surface area contributed by atoms with Crippen molar-refractivity contribution in [3.8, 4) is 0 Å². The SMILES string of the molecule is Cc1ccc(C(C)NC(C)c2cc(C)c(C)cc2C)cc1. The van der Waals surface area contributed by atoms with Crippen LogP contribution in [0.3, 0.4) is 0 Å². The quantitative estimate of drug-likeness (QED) is 0.798. The van der Waals surface area contributed by atoms with E-state index in [1.54, 1.807) is 0 Å². The van der Waals surface area contributed by atoms with E-state index in [0.29, 0.717) is 12.1 Å². The van der Waals surface area contributed by atoms with Gasteiger partial charge in [0, 0.05) is 12.1 Å². The van der Waals surface area contributed by atoms with Crippen LogP contribution in [0.1, 0.15) is 59.3 Å². The molecule has 2 rings (SSSR count). The van der Waals surface area contributed by atoms with Crippen molar-refractivity contribution in [1.82, 2.24) is 5.32 Å². The molecule has 0 bridgehead atoms. The van der Waals surface area contributed by atoms with Crippen LogP contribution in [0, 0.1) is 27.7 Å². The van der Waals surface area contributed by atoms with Gasteiger partial charge in [0.05, 0.1) is 0 Å². The highest BCUT2D eigenvalue weighted by molar-refractivity contribution is 5.38. The maximum Gasteiger partial charge on any atom is 0.0300 e. The Hall–Kier alpha value is -1.60. The van der Waals surface area contributed by atoms with Gasteiger partial charge in [-0.3, -0.25) is 0 Å². The molecule has 2 atom stereocenters. The highest BCUT2D eigenvalue weighted by atomic mass is 14.9. The van der Waals surface area contributed by atoms with Gasteiger partial charge in [-0.15, -0.1) is 0 Å². The van der Waals surface area contributed by atoms with Crippen LogP contribution in [0.15, 0.2) is 36.4 Å². The van der Waals surface area contributed by atoms with E-state index in [1.807, 2.05) is 0 Å². The second-order valence-corrected chi connectivity index (χ2v) is 6.31. The molecule has 0 fully saturated rings. The van der Waals surface area contributed by atoms with Crippen LogP contribution in [0.2, 0.25) is 0 Å². The fourth-order valence-corrected chi connectivity index (χ4v) is 2.87. The van der Waals surface area contributed by atoms with Gasteiger partial charge in [-0.25, -0.2) is 0 Å². The molecule has 0 aliphatic heterocycles. The molecule has 1 nitrogen and oxygen atoms in total. The Kier molecular flexibility index (Phi) is 4.84. The summed E-state index contributed by atoms with van der Waals surface area (Å²) in [5.41, 5.74) is 8.16. The van der Waals surface area contributed by atoms with Gasteiger partial charge in [-0.05, 0) is 69.4 Å². The molecule has 0 aliphatic carbocycles. The summed E-state index contributed by atoms with van der Waals surface area (Å²) in [4.78, 5) is 0. The van der Waals surface area contributed by atoms with Crippen molar-refractivity contribution in [2.75, 3.05) is 0 Å². The predicted octanol–water partition coefficient (Wildman–Crippen LogP) is 5.33. The van der Waals surface area contributed by atoms with Gasteiger partial charge >= 0.3 is 0 Å². The second-order valence-electron chi connectivity index (χ2n) is 6.31. The molecule has 0 aromatic heterocycles. The molecule has 2 aromatic carbocycles. The lowest BCUT2D eigenvalue weighted by Gasteiger charge is -2.23. The topological polar surface area (TPSA) is 12.0 Å². The normalized spacial score (nSPS) is 14.0. The molecule has 0 saturated heterocycles. The Morgan fingerprint density at radius 2 is 1.29 bits per heavy atom. The van der Waals surface area contributed by atoms with E-state index in [4.69, 9.17) is 0 Å². The van der Waals surface area contributed by atoms with Crippen LogP contribution >= 0.6 is 0 Å². The lowest BCUT2D eigenvalue weighted by Crippen LogP contribution is -2.23. The van der Waals surface area contributed by atoms with Crippen LogP contribution in [0.4, 0.5) is 0 Å². The molecule has 21 heavy (non-hydrogen) atoms. The minimum Gasteiger partial charge on any atom is -0.304 e. The molecule has 0 spiro atoms. The lowest BCUT2D eigenvalue weighted by atomic mass is 9.95. The molecule has 0 radical (unpaired) electrons. The van der Waals surface area contributed by atoms with Crippen molar-refractivity contribution in [3.05, 3.63) is 69.8 Å². The first kappa shape index (κ1) is 15.8. The van der Waals surface area contributed by atoms with Crippen LogP contribution in [0.5, 0.6) is 0 Å². The van der Waals surface area contributed by atoms with E-state index in [0.717, 1.165) is 0 Å². The summed E-state index contributed by atoms with van der Waals surface area (Å²) in [7, 11) is 0. The molecule has 0 aliphatic rings. The smallest absolute Gasteiger partial charge is 0.0300 e. The van der Waals surface area contributed by atoms with E-state index in [1.165, 1.54) is 33.4 Å². The molecule has 1 N–H and O–H groups in total. The van der Waals surface area contributed by atoms with Crippen LogP contribution < -0.4 is 5.32 Å². The summed E-state index contributed by atoms with van der Waals surface area (Å²) in [5, 5.41) is 3.72. The second kappa shape index (κ2) is 6.44. The maximum absolute atomic E-state index is 3.72. The molecule has 0 saturated carbocycles. The minimum atomic E-state index is 0.348. The monoisotopic (exact) mass is 281 g/mol. The van der Waals surface area contributed by atoms with E-state index in [-0.39, 0.29) is 0 Å². The fourth-order valence-electron chi connectivity index (χ4n) is 2.87. The van der Waals surface area contributed by atoms with Crippen LogP contribution in [0.25, 0.3) is 0 Å². The lowest BCUT2D eigenvalue weighted by molar-refractivity contribution is 0.493. The largest absolute Gasteiger partial charge is 0.304 e. The summed E-state index contributed by atoms with van der Waals surface area (Å²) in [5.74, 6) is 0. The molecule has 112 valence electrons. The Balaban J connectivity index is 2.15. The number of rotatable bonds is 4. The van der Waals surface area contributed by atoms with Crippen LogP contribution in [-0.4, -0.2) is 0 Å². The first-order chi connectivity index (χ1) is 9.88. The molecule has 0 heterocycles. The zero-order valence-corrected chi connectivity index (χ0v) is 14.1. The Bertz CT molecular complexity index is 610. The Labute approximate surface area is 129 Å². The van der Waals surface area contributed by atoms with Gasteiger partial charge < -0.3 is 5.32 Å². The van der Waals surface area contributed by atoms with Gasteiger partial charge in [-0.1, -0.05) is 42.0 Å². The number of hydrogen-bond donors (Lipinski definition) is 1. The van der Waals surface area contributed by atoms with Crippen molar-refractivity contribution in [2.45, 2.75) is 53.6 Å². The number of nitrogens with one attached hydrogen (secondary N) is 1. The average molecular weight is 281 g/mol. The zero-order chi connectivity index (χ0) is 15.6. The van der Waals surface area contributed by atoms with E-state index >= 15 is 0 Å². The van der Waals surface area contributed by atoms with Gasteiger partial charge in [0.2, 0.25) is 0 Å². The number of hydrogen-bond acceptors (Lipinski definition) is 1. The first-order valence-electron chi connectivity index (χ1n) is 7.79. The first-order valence-corrected chi connectivity index (χ1v) is 7.79. The van der Waals surface area contributed by atoms with Gasteiger partial charge in [0.25, 0.3) is 0 Å². The van der Waals surface area contributed by atoms with Gasteiger partial charge in [0.15, 0.2) is 0 Å². The zero-order valence-electron chi connectivity index (χ0n) is 14.1. The van der Waals surface area contributed by atoms with E-state index in [2.05, 4.69) is 83.3 Å². The molecule has 2 unspecified atom stereocenters. The number of benzene rings is 2. The third kappa shape index (κ3) is 3.74. The van der Waals surface area contributed by atoms with E-state index < -0.39 is 0 Å². The summed E-state index contributed by atoms with van der Waals surface area (Å²) >= 11 is 0. The molecule has 0 amide bonds. The number of aryl methyl sites for hydroxylation is 4. The molecular weight excluding hydrogens is 254 g/mol.